The van der Waals surface area contributed by atoms with Crippen molar-refractivity contribution in [1.82, 2.24) is 0 Å². The zero-order valence-corrected chi connectivity index (χ0v) is 22.2. The standard InChI is InChI=1S/C28H21FO5.K/c29-23-9-1-19(2-10-23)27(31)20-3-13-25(14-4-20)34-26-15-7-22(8-16-26)28(32-17-18-33-28)21-5-11-24(30)12-6-21;/h1-16,30H,17-18H2;/q;+1/p-1. The van der Waals surface area contributed by atoms with Crippen molar-refractivity contribution in [3.63, 3.8) is 0 Å². The van der Waals surface area contributed by atoms with Gasteiger partial charge in [-0.1, -0.05) is 24.3 Å². The molecular formula is C28H20FKO5. The van der Waals surface area contributed by atoms with E-state index in [2.05, 4.69) is 0 Å². The number of hydrogen-bond acceptors (Lipinski definition) is 5. The van der Waals surface area contributed by atoms with Crippen molar-refractivity contribution < 1.29 is 79.9 Å². The van der Waals surface area contributed by atoms with Crippen LogP contribution in [-0.4, -0.2) is 19.0 Å². The van der Waals surface area contributed by atoms with Gasteiger partial charge in [0.2, 0.25) is 5.79 Å². The maximum Gasteiger partial charge on any atom is 1.00 e. The second-order valence-electron chi connectivity index (χ2n) is 7.82. The number of hydrogen-bond donors (Lipinski definition) is 0. The third kappa shape index (κ3) is 5.57. The Morgan fingerprint density at radius 1 is 0.714 bits per heavy atom. The second kappa shape index (κ2) is 11.1. The fourth-order valence-corrected chi connectivity index (χ4v) is 3.91. The van der Waals surface area contributed by atoms with Gasteiger partial charge in [-0.05, 0) is 72.8 Å². The van der Waals surface area contributed by atoms with Crippen molar-refractivity contribution in [2.24, 2.45) is 0 Å². The van der Waals surface area contributed by atoms with Gasteiger partial charge >= 0.3 is 51.4 Å². The predicted molar refractivity (Wildman–Crippen MR) is 121 cm³/mol. The van der Waals surface area contributed by atoms with Crippen LogP contribution in [0.5, 0.6) is 17.2 Å². The van der Waals surface area contributed by atoms with Gasteiger partial charge < -0.3 is 19.3 Å². The molecule has 170 valence electrons. The molecule has 1 heterocycles. The Labute approximate surface area is 244 Å². The summed E-state index contributed by atoms with van der Waals surface area (Å²) in [6.07, 6.45) is 0. The molecule has 0 spiro atoms. The predicted octanol–water partition coefficient (Wildman–Crippen LogP) is 2.17. The molecule has 0 saturated carbocycles. The molecule has 4 aromatic carbocycles. The average molecular weight is 495 g/mol. The third-order valence-corrected chi connectivity index (χ3v) is 5.62. The summed E-state index contributed by atoms with van der Waals surface area (Å²) in [5.74, 6) is -0.548. The van der Waals surface area contributed by atoms with Gasteiger partial charge in [0.1, 0.15) is 17.3 Å². The molecule has 7 heteroatoms. The first-order chi connectivity index (χ1) is 16.5. The topological polar surface area (TPSA) is 67.8 Å². The summed E-state index contributed by atoms with van der Waals surface area (Å²) in [5.41, 5.74) is 2.44. The molecule has 5 rings (SSSR count). The van der Waals surface area contributed by atoms with Crippen LogP contribution in [0.15, 0.2) is 97.1 Å². The molecule has 1 fully saturated rings. The Hall–Kier alpha value is -2.36. The molecule has 35 heavy (non-hydrogen) atoms. The molecule has 4 aromatic rings. The van der Waals surface area contributed by atoms with E-state index in [1.54, 1.807) is 36.4 Å². The Morgan fingerprint density at radius 2 is 1.14 bits per heavy atom. The Morgan fingerprint density at radius 3 is 1.66 bits per heavy atom. The zero-order chi connectivity index (χ0) is 23.5. The van der Waals surface area contributed by atoms with Gasteiger partial charge in [0, 0.05) is 22.3 Å². The second-order valence-corrected chi connectivity index (χ2v) is 7.82. The van der Waals surface area contributed by atoms with Gasteiger partial charge in [0.15, 0.2) is 5.78 Å². The number of carbonyl (C=O) groups excluding carboxylic acids is 1. The summed E-state index contributed by atoms with van der Waals surface area (Å²) in [4.78, 5) is 12.6. The molecule has 0 N–H and O–H groups in total. The Balaban J connectivity index is 0.00000289. The number of ether oxygens (including phenoxy) is 3. The molecule has 0 unspecified atom stereocenters. The maximum atomic E-state index is 13.1. The number of halogens is 1. The van der Waals surface area contributed by atoms with Gasteiger partial charge in [-0.25, -0.2) is 4.39 Å². The number of rotatable bonds is 6. The summed E-state index contributed by atoms with van der Waals surface area (Å²) < 4.78 is 31.0. The quantitative estimate of drug-likeness (QED) is 0.304. The number of carbonyl (C=O) groups is 1. The summed E-state index contributed by atoms with van der Waals surface area (Å²) in [7, 11) is 0. The van der Waals surface area contributed by atoms with E-state index < -0.39 is 5.79 Å². The SMILES string of the molecule is O=C(c1ccc(F)cc1)c1ccc(Oc2ccc(C3(c4ccc([O-])cc4)OCCO3)cc2)cc1.[K+]. The van der Waals surface area contributed by atoms with Crippen molar-refractivity contribution in [2.75, 3.05) is 13.2 Å². The van der Waals surface area contributed by atoms with E-state index in [-0.39, 0.29) is 68.7 Å². The number of benzene rings is 4. The van der Waals surface area contributed by atoms with E-state index in [0.717, 1.165) is 11.1 Å². The molecule has 1 aliphatic rings. The van der Waals surface area contributed by atoms with Crippen LogP contribution in [0.25, 0.3) is 0 Å². The number of ketones is 1. The van der Waals surface area contributed by atoms with Gasteiger partial charge in [-0.15, -0.1) is 5.75 Å². The summed E-state index contributed by atoms with van der Waals surface area (Å²) >= 11 is 0. The molecule has 0 aliphatic carbocycles. The Kier molecular flexibility index (Phi) is 8.18. The van der Waals surface area contributed by atoms with Crippen LogP contribution in [-0.2, 0) is 15.3 Å². The van der Waals surface area contributed by atoms with Gasteiger partial charge in [-0.3, -0.25) is 4.79 Å². The smallest absolute Gasteiger partial charge is 0.872 e. The van der Waals surface area contributed by atoms with Gasteiger partial charge in [-0.2, -0.15) is 0 Å². The van der Waals surface area contributed by atoms with Crippen LogP contribution < -0.4 is 61.2 Å². The molecule has 0 atom stereocenters. The summed E-state index contributed by atoms with van der Waals surface area (Å²) in [6, 6.07) is 26.0. The molecule has 0 radical (unpaired) electrons. The van der Waals surface area contributed by atoms with E-state index in [1.807, 2.05) is 24.3 Å². The molecule has 0 amide bonds. The minimum Gasteiger partial charge on any atom is -0.872 e. The molecular weight excluding hydrogens is 474 g/mol. The van der Waals surface area contributed by atoms with E-state index in [9.17, 15) is 14.3 Å². The average Bonchev–Trinajstić information content (AvgIpc) is 3.37. The van der Waals surface area contributed by atoms with Crippen LogP contribution in [0, 0.1) is 5.82 Å². The molecule has 0 bridgehead atoms. The first kappa shape index (κ1) is 25.7. The van der Waals surface area contributed by atoms with Crippen LogP contribution in [0.4, 0.5) is 4.39 Å². The monoisotopic (exact) mass is 494 g/mol. The zero-order valence-electron chi connectivity index (χ0n) is 19.1. The maximum absolute atomic E-state index is 13.1. The van der Waals surface area contributed by atoms with E-state index in [4.69, 9.17) is 14.2 Å². The minimum absolute atomic E-state index is 0. The van der Waals surface area contributed by atoms with Crippen LogP contribution in [0.2, 0.25) is 0 Å². The summed E-state index contributed by atoms with van der Waals surface area (Å²) in [6.45, 7) is 0.890. The molecule has 1 aliphatic heterocycles. The van der Waals surface area contributed by atoms with Crippen molar-refractivity contribution in [1.29, 1.82) is 0 Å². The first-order valence-electron chi connectivity index (χ1n) is 10.8. The molecule has 5 nitrogen and oxygen atoms in total. The van der Waals surface area contributed by atoms with Crippen molar-refractivity contribution in [3.8, 4) is 17.2 Å². The normalized spacial score (nSPS) is 14.2. The van der Waals surface area contributed by atoms with Crippen molar-refractivity contribution in [2.45, 2.75) is 5.79 Å². The summed E-state index contributed by atoms with van der Waals surface area (Å²) in [5, 5.41) is 11.5. The van der Waals surface area contributed by atoms with Crippen LogP contribution in [0.3, 0.4) is 0 Å². The largest absolute Gasteiger partial charge is 1.00 e. The van der Waals surface area contributed by atoms with Gasteiger partial charge in [0.25, 0.3) is 0 Å². The molecule has 1 saturated heterocycles. The van der Waals surface area contributed by atoms with Crippen LogP contribution in [0.1, 0.15) is 27.0 Å². The first-order valence-corrected chi connectivity index (χ1v) is 10.8. The Bertz CT molecular complexity index is 1280. The van der Waals surface area contributed by atoms with E-state index in [1.165, 1.54) is 36.4 Å². The van der Waals surface area contributed by atoms with Gasteiger partial charge in [0.05, 0.1) is 13.2 Å². The minimum atomic E-state index is -1.06. The molecule has 0 aromatic heterocycles. The van der Waals surface area contributed by atoms with E-state index in [0.29, 0.717) is 35.8 Å². The third-order valence-electron chi connectivity index (χ3n) is 5.62. The van der Waals surface area contributed by atoms with Crippen LogP contribution >= 0.6 is 0 Å². The van der Waals surface area contributed by atoms with Crippen molar-refractivity contribution >= 4 is 5.78 Å². The fourth-order valence-electron chi connectivity index (χ4n) is 3.91. The fraction of sp³-hybridized carbons (Fsp3) is 0.107. The van der Waals surface area contributed by atoms with E-state index >= 15 is 0 Å². The van der Waals surface area contributed by atoms with Crippen molar-refractivity contribution in [3.05, 3.63) is 125 Å².